The Bertz CT molecular complexity index is 933. The summed E-state index contributed by atoms with van der Waals surface area (Å²) in [7, 11) is 0. The average molecular weight is 312 g/mol. The molecule has 0 aliphatic rings. The van der Waals surface area contributed by atoms with Crippen molar-refractivity contribution >= 4 is 16.9 Å². The van der Waals surface area contributed by atoms with Crippen molar-refractivity contribution in [3.05, 3.63) is 71.0 Å². The first-order valence-electron chi connectivity index (χ1n) is 6.87. The molecule has 0 radical (unpaired) electrons. The fraction of sp³-hybridized carbons (Fsp3) is 0.0588. The van der Waals surface area contributed by atoms with Crippen molar-refractivity contribution in [2.75, 3.05) is 0 Å². The zero-order valence-electron chi connectivity index (χ0n) is 12.0. The van der Waals surface area contributed by atoms with Gasteiger partial charge in [-0.3, -0.25) is 10.2 Å². The number of hydrogen-bond acceptors (Lipinski definition) is 4. The average Bonchev–Trinajstić information content (AvgIpc) is 2.54. The molecule has 0 saturated heterocycles. The van der Waals surface area contributed by atoms with Crippen LogP contribution in [0.25, 0.3) is 11.0 Å². The van der Waals surface area contributed by atoms with Crippen LogP contribution in [-0.2, 0) is 6.54 Å². The van der Waals surface area contributed by atoms with Crippen LogP contribution >= 0.6 is 0 Å². The smallest absolute Gasteiger partial charge is 0.257 e. The lowest BCUT2D eigenvalue weighted by atomic mass is 10.1. The highest BCUT2D eigenvalue weighted by atomic mass is 19.1. The van der Waals surface area contributed by atoms with Gasteiger partial charge in [-0.15, -0.1) is 0 Å². The molecule has 2 aromatic carbocycles. The molecule has 6 heteroatoms. The summed E-state index contributed by atoms with van der Waals surface area (Å²) in [5.41, 5.74) is 0.620. The summed E-state index contributed by atoms with van der Waals surface area (Å²) in [6, 6.07) is 12.0. The second-order valence-electron chi connectivity index (χ2n) is 4.99. The Morgan fingerprint density at radius 2 is 1.96 bits per heavy atom. The first kappa shape index (κ1) is 14.8. The minimum Gasteiger partial charge on any atom is -0.504 e. The van der Waals surface area contributed by atoms with Crippen molar-refractivity contribution in [2.45, 2.75) is 6.54 Å². The summed E-state index contributed by atoms with van der Waals surface area (Å²) >= 11 is 0. The van der Waals surface area contributed by atoms with E-state index in [4.69, 9.17) is 9.83 Å². The van der Waals surface area contributed by atoms with E-state index in [0.717, 1.165) is 5.56 Å². The van der Waals surface area contributed by atoms with Gasteiger partial charge in [0.1, 0.15) is 11.4 Å². The molecule has 0 aliphatic heterocycles. The number of hydrogen-bond donors (Lipinski definition) is 3. The molecule has 1 heterocycles. The Kier molecular flexibility index (Phi) is 3.80. The molecular weight excluding hydrogens is 299 g/mol. The molecule has 3 aromatic rings. The first-order chi connectivity index (χ1) is 11.0. The van der Waals surface area contributed by atoms with E-state index in [1.54, 1.807) is 24.3 Å². The van der Waals surface area contributed by atoms with Gasteiger partial charge in [0, 0.05) is 11.9 Å². The molecule has 5 nitrogen and oxygen atoms in total. The molecule has 23 heavy (non-hydrogen) atoms. The monoisotopic (exact) mass is 312 g/mol. The molecule has 0 bridgehead atoms. The van der Waals surface area contributed by atoms with Crippen molar-refractivity contribution in [3.8, 4) is 5.75 Å². The van der Waals surface area contributed by atoms with Crippen LogP contribution in [-0.4, -0.2) is 11.0 Å². The maximum Gasteiger partial charge on any atom is 0.257 e. The second-order valence-corrected chi connectivity index (χ2v) is 4.99. The normalized spacial score (nSPS) is 10.7. The molecular formula is C17H13FN2O3. The van der Waals surface area contributed by atoms with E-state index in [1.807, 2.05) is 0 Å². The molecule has 0 atom stereocenters. The molecule has 3 rings (SSSR count). The molecule has 0 fully saturated rings. The number of phenols is 1. The highest BCUT2D eigenvalue weighted by Gasteiger charge is 2.12. The molecule has 3 N–H and O–H groups in total. The van der Waals surface area contributed by atoms with Crippen molar-refractivity contribution in [1.29, 1.82) is 5.41 Å². The van der Waals surface area contributed by atoms with E-state index in [1.165, 1.54) is 24.3 Å². The van der Waals surface area contributed by atoms with Gasteiger partial charge in [0.15, 0.2) is 11.3 Å². The number of nitrogens with one attached hydrogen (secondary N) is 2. The quantitative estimate of drug-likeness (QED) is 0.695. The number of carbonyl (C=O) groups is 1. The number of rotatable bonds is 3. The van der Waals surface area contributed by atoms with E-state index >= 15 is 0 Å². The molecule has 0 aliphatic carbocycles. The lowest BCUT2D eigenvalue weighted by Crippen LogP contribution is -2.27. The van der Waals surface area contributed by atoms with Gasteiger partial charge in [0.25, 0.3) is 5.91 Å². The summed E-state index contributed by atoms with van der Waals surface area (Å²) in [5.74, 6) is -0.913. The maximum atomic E-state index is 12.8. The minimum atomic E-state index is -0.478. The van der Waals surface area contributed by atoms with Crippen LogP contribution in [0, 0.1) is 11.2 Å². The van der Waals surface area contributed by atoms with E-state index in [0.29, 0.717) is 5.39 Å². The van der Waals surface area contributed by atoms with Gasteiger partial charge >= 0.3 is 0 Å². The first-order valence-corrected chi connectivity index (χ1v) is 6.87. The van der Waals surface area contributed by atoms with E-state index < -0.39 is 5.91 Å². The molecule has 1 aromatic heterocycles. The van der Waals surface area contributed by atoms with Crippen LogP contribution in [0.4, 0.5) is 4.39 Å². The topological polar surface area (TPSA) is 86.3 Å². The zero-order chi connectivity index (χ0) is 16.4. The summed E-state index contributed by atoms with van der Waals surface area (Å²) in [5, 5.41) is 20.7. The SMILES string of the molecule is N=c1oc2c(O)cccc2cc1C(=O)NCc1ccc(F)cc1. The van der Waals surface area contributed by atoms with Gasteiger partial charge in [-0.2, -0.15) is 0 Å². The number of aromatic hydroxyl groups is 1. The van der Waals surface area contributed by atoms with Crippen LogP contribution in [0.15, 0.2) is 52.9 Å². The van der Waals surface area contributed by atoms with Crippen molar-refractivity contribution in [3.63, 3.8) is 0 Å². The van der Waals surface area contributed by atoms with E-state index in [2.05, 4.69) is 5.32 Å². The van der Waals surface area contributed by atoms with Crippen LogP contribution in [0.3, 0.4) is 0 Å². The fourth-order valence-corrected chi connectivity index (χ4v) is 2.19. The standard InChI is InChI=1S/C17H13FN2O3/c18-12-6-4-10(5-7-12)9-20-17(22)13-8-11-2-1-3-14(21)15(11)23-16(13)19/h1-8,19,21H,9H2,(H,20,22). The lowest BCUT2D eigenvalue weighted by Gasteiger charge is -2.07. The van der Waals surface area contributed by atoms with Crippen LogP contribution in [0.1, 0.15) is 15.9 Å². The lowest BCUT2D eigenvalue weighted by molar-refractivity contribution is 0.0946. The number of phenolic OH excluding ortho intramolecular Hbond substituents is 1. The Balaban J connectivity index is 1.84. The zero-order valence-corrected chi connectivity index (χ0v) is 12.0. The predicted octanol–water partition coefficient (Wildman–Crippen LogP) is 2.69. The number of benzene rings is 2. The van der Waals surface area contributed by atoms with Crippen molar-refractivity contribution < 1.29 is 18.7 Å². The largest absolute Gasteiger partial charge is 0.504 e. The van der Waals surface area contributed by atoms with Gasteiger partial charge in [-0.25, -0.2) is 4.39 Å². The van der Waals surface area contributed by atoms with Gasteiger partial charge in [0.05, 0.1) is 0 Å². The fourth-order valence-electron chi connectivity index (χ4n) is 2.19. The molecule has 0 spiro atoms. The maximum absolute atomic E-state index is 12.8. The van der Waals surface area contributed by atoms with E-state index in [-0.39, 0.29) is 34.8 Å². The van der Waals surface area contributed by atoms with Crippen molar-refractivity contribution in [1.82, 2.24) is 5.32 Å². The Morgan fingerprint density at radius 3 is 2.70 bits per heavy atom. The third-order valence-electron chi connectivity index (χ3n) is 3.38. The van der Waals surface area contributed by atoms with Crippen LogP contribution < -0.4 is 10.9 Å². The number of fused-ring (bicyclic) bond motifs is 1. The minimum absolute atomic E-state index is 0.0604. The third-order valence-corrected chi connectivity index (χ3v) is 3.38. The summed E-state index contributed by atoms with van der Waals surface area (Å²) in [6.45, 7) is 0.205. The van der Waals surface area contributed by atoms with Crippen LogP contribution in [0.2, 0.25) is 0 Å². The number of para-hydroxylation sites is 1. The van der Waals surface area contributed by atoms with Gasteiger partial charge in [-0.1, -0.05) is 24.3 Å². The highest BCUT2D eigenvalue weighted by Crippen LogP contribution is 2.23. The predicted molar refractivity (Wildman–Crippen MR) is 81.3 cm³/mol. The number of halogens is 1. The second kappa shape index (κ2) is 5.92. The number of carbonyl (C=O) groups excluding carboxylic acids is 1. The van der Waals surface area contributed by atoms with Gasteiger partial charge in [-0.05, 0) is 29.8 Å². The van der Waals surface area contributed by atoms with Crippen molar-refractivity contribution in [2.24, 2.45) is 0 Å². The van der Waals surface area contributed by atoms with Crippen LogP contribution in [0.5, 0.6) is 5.75 Å². The summed E-state index contributed by atoms with van der Waals surface area (Å²) in [4.78, 5) is 12.2. The highest BCUT2D eigenvalue weighted by molar-refractivity contribution is 5.97. The summed E-state index contributed by atoms with van der Waals surface area (Å²) in [6.07, 6.45) is 0. The Morgan fingerprint density at radius 1 is 1.22 bits per heavy atom. The van der Waals surface area contributed by atoms with Gasteiger partial charge in [0.2, 0.25) is 5.55 Å². The molecule has 0 unspecified atom stereocenters. The molecule has 116 valence electrons. The van der Waals surface area contributed by atoms with Gasteiger partial charge < -0.3 is 14.8 Å². The molecule has 1 amide bonds. The summed E-state index contributed by atoms with van der Waals surface area (Å²) < 4.78 is 18.1. The molecule has 0 saturated carbocycles. The number of amides is 1. The Labute approximate surface area is 130 Å². The Hall–Kier alpha value is -3.15. The van der Waals surface area contributed by atoms with E-state index in [9.17, 15) is 14.3 Å². The third kappa shape index (κ3) is 3.06.